The van der Waals surface area contributed by atoms with Gasteiger partial charge in [-0.05, 0) is 99.3 Å². The molecule has 1 aliphatic heterocycles. The van der Waals surface area contributed by atoms with Crippen molar-refractivity contribution in [3.05, 3.63) is 108 Å². The Bertz CT molecular complexity index is 1670. The van der Waals surface area contributed by atoms with E-state index in [0.717, 1.165) is 80.9 Å². The molecule has 6 rings (SSSR count). The first kappa shape index (κ1) is 25.9. The Kier molecular flexibility index (Phi) is 7.38. The fourth-order valence-electron chi connectivity index (χ4n) is 5.71. The molecule has 4 heterocycles. The molecule has 3 aromatic heterocycles. The lowest BCUT2D eigenvalue weighted by Gasteiger charge is -2.15. The Balaban J connectivity index is 1.32. The van der Waals surface area contributed by atoms with Crippen molar-refractivity contribution in [2.45, 2.75) is 32.6 Å². The van der Waals surface area contributed by atoms with Crippen LogP contribution in [0.1, 0.15) is 41.6 Å². The summed E-state index contributed by atoms with van der Waals surface area (Å²) in [4.78, 5) is 14.7. The number of likely N-dealkylation sites (tertiary alicyclic amines) is 1. The van der Waals surface area contributed by atoms with Crippen LogP contribution in [0.25, 0.3) is 39.1 Å². The summed E-state index contributed by atoms with van der Waals surface area (Å²) in [5.41, 5.74) is 9.16. The standard InChI is InChI=1S/C33H33FN6/c1-3-7-27(25-16-23(17-26(34)18-25)8-6-15-40-13-4-5-14-40)28-20-31(37-22(28)2)33-29-19-24(9-10-30(29)38-39-33)32-21-35-11-12-36-32/h3,7,9-12,16-21,37H,1,4-6,8,13-15H2,2H3,(H,38,39)/b27-7-. The molecule has 0 amide bonds. The maximum Gasteiger partial charge on any atom is 0.124 e. The number of aryl methyl sites for hydroxylation is 2. The molecule has 2 aromatic carbocycles. The van der Waals surface area contributed by atoms with Crippen LogP contribution in [0.15, 0.2) is 79.8 Å². The van der Waals surface area contributed by atoms with Crippen LogP contribution in [0.3, 0.4) is 0 Å². The molecule has 1 aliphatic rings. The van der Waals surface area contributed by atoms with Gasteiger partial charge in [0.25, 0.3) is 0 Å². The molecule has 2 N–H and O–H groups in total. The molecule has 5 aromatic rings. The molecule has 0 atom stereocenters. The molecule has 40 heavy (non-hydrogen) atoms. The normalized spacial score (nSPS) is 14.3. The zero-order chi connectivity index (χ0) is 27.5. The van der Waals surface area contributed by atoms with Gasteiger partial charge in [0, 0.05) is 34.6 Å². The molecule has 0 saturated carbocycles. The zero-order valence-corrected chi connectivity index (χ0v) is 22.8. The molecule has 0 spiro atoms. The first-order valence-electron chi connectivity index (χ1n) is 13.9. The lowest BCUT2D eigenvalue weighted by molar-refractivity contribution is 0.334. The first-order valence-corrected chi connectivity index (χ1v) is 13.9. The molecule has 1 saturated heterocycles. The van der Waals surface area contributed by atoms with Crippen LogP contribution in [-0.4, -0.2) is 49.7 Å². The molecule has 0 unspecified atom stereocenters. The number of allylic oxidation sites excluding steroid dienone is 2. The Morgan fingerprint density at radius 2 is 1.98 bits per heavy atom. The van der Waals surface area contributed by atoms with Crippen molar-refractivity contribution in [1.82, 2.24) is 30.0 Å². The number of aromatic amines is 2. The highest BCUT2D eigenvalue weighted by Crippen LogP contribution is 2.34. The number of hydrogen-bond donors (Lipinski definition) is 2. The molecular formula is C33H33FN6. The van der Waals surface area contributed by atoms with Crippen LogP contribution in [0.2, 0.25) is 0 Å². The third-order valence-corrected chi connectivity index (χ3v) is 7.67. The lowest BCUT2D eigenvalue weighted by atomic mass is 9.94. The van der Waals surface area contributed by atoms with E-state index in [2.05, 4.69) is 54.8 Å². The Labute approximate surface area is 233 Å². The number of rotatable bonds is 9. The molecule has 0 aliphatic carbocycles. The van der Waals surface area contributed by atoms with E-state index < -0.39 is 0 Å². The summed E-state index contributed by atoms with van der Waals surface area (Å²) < 4.78 is 14.9. The van der Waals surface area contributed by atoms with Crippen molar-refractivity contribution in [2.24, 2.45) is 0 Å². The molecule has 7 heteroatoms. The molecule has 202 valence electrons. The van der Waals surface area contributed by atoms with E-state index >= 15 is 0 Å². The minimum atomic E-state index is -0.216. The predicted octanol–water partition coefficient (Wildman–Crippen LogP) is 7.11. The lowest BCUT2D eigenvalue weighted by Crippen LogP contribution is -2.20. The average molecular weight is 533 g/mol. The predicted molar refractivity (Wildman–Crippen MR) is 159 cm³/mol. The van der Waals surface area contributed by atoms with Gasteiger partial charge in [-0.25, -0.2) is 4.39 Å². The van der Waals surface area contributed by atoms with Crippen LogP contribution < -0.4 is 0 Å². The summed E-state index contributed by atoms with van der Waals surface area (Å²) >= 11 is 0. The first-order chi connectivity index (χ1) is 19.6. The smallest absolute Gasteiger partial charge is 0.124 e. The topological polar surface area (TPSA) is 73.5 Å². The monoisotopic (exact) mass is 532 g/mol. The third kappa shape index (κ3) is 5.38. The van der Waals surface area contributed by atoms with Crippen molar-refractivity contribution in [3.63, 3.8) is 0 Å². The molecule has 1 fully saturated rings. The van der Waals surface area contributed by atoms with Gasteiger partial charge in [-0.1, -0.05) is 30.9 Å². The Morgan fingerprint density at radius 3 is 2.77 bits per heavy atom. The van der Waals surface area contributed by atoms with Crippen molar-refractivity contribution < 1.29 is 4.39 Å². The van der Waals surface area contributed by atoms with Crippen molar-refractivity contribution >= 4 is 16.5 Å². The van der Waals surface area contributed by atoms with Gasteiger partial charge in [-0.3, -0.25) is 15.1 Å². The second-order valence-electron chi connectivity index (χ2n) is 10.5. The van der Waals surface area contributed by atoms with Crippen LogP contribution in [0.4, 0.5) is 4.39 Å². The number of fused-ring (bicyclic) bond motifs is 1. The second-order valence-corrected chi connectivity index (χ2v) is 10.5. The highest BCUT2D eigenvalue weighted by atomic mass is 19.1. The number of hydrogen-bond acceptors (Lipinski definition) is 4. The Morgan fingerprint density at radius 1 is 1.10 bits per heavy atom. The van der Waals surface area contributed by atoms with E-state index in [1.807, 2.05) is 25.1 Å². The van der Waals surface area contributed by atoms with E-state index in [4.69, 9.17) is 0 Å². The van der Waals surface area contributed by atoms with E-state index in [1.54, 1.807) is 36.8 Å². The van der Waals surface area contributed by atoms with Gasteiger partial charge in [0.05, 0.1) is 23.1 Å². The number of nitrogens with zero attached hydrogens (tertiary/aromatic N) is 4. The van der Waals surface area contributed by atoms with Crippen LogP contribution in [0, 0.1) is 12.7 Å². The Hall–Kier alpha value is -4.36. The summed E-state index contributed by atoms with van der Waals surface area (Å²) in [6.07, 6.45) is 13.3. The van der Waals surface area contributed by atoms with Crippen molar-refractivity contribution in [2.75, 3.05) is 19.6 Å². The molecule has 0 bridgehead atoms. The van der Waals surface area contributed by atoms with Crippen LogP contribution in [0.5, 0.6) is 0 Å². The van der Waals surface area contributed by atoms with Gasteiger partial charge in [0.15, 0.2) is 0 Å². The van der Waals surface area contributed by atoms with Gasteiger partial charge in [-0.2, -0.15) is 5.10 Å². The zero-order valence-electron chi connectivity index (χ0n) is 22.8. The number of benzene rings is 2. The summed E-state index contributed by atoms with van der Waals surface area (Å²) in [7, 11) is 0. The minimum absolute atomic E-state index is 0.216. The van der Waals surface area contributed by atoms with Gasteiger partial charge in [0.1, 0.15) is 11.5 Å². The second kappa shape index (κ2) is 11.4. The minimum Gasteiger partial charge on any atom is -0.357 e. The SMILES string of the molecule is C=C/C=C(/c1cc(F)cc(CCCN2CCCC2)c1)c1cc(-c2n[nH]c3ccc(-c4cnccn4)cc23)[nH]c1C. The molecule has 0 radical (unpaired) electrons. The van der Waals surface area contributed by atoms with E-state index in [0.29, 0.717) is 0 Å². The van der Waals surface area contributed by atoms with E-state index in [9.17, 15) is 4.39 Å². The fraction of sp³-hybridized carbons (Fsp3) is 0.242. The van der Waals surface area contributed by atoms with Crippen LogP contribution >= 0.6 is 0 Å². The number of aromatic nitrogens is 5. The number of nitrogens with one attached hydrogen (secondary N) is 2. The van der Waals surface area contributed by atoms with E-state index in [1.165, 1.54) is 25.9 Å². The van der Waals surface area contributed by atoms with Gasteiger partial charge < -0.3 is 9.88 Å². The maximum atomic E-state index is 14.9. The van der Waals surface area contributed by atoms with Crippen molar-refractivity contribution in [3.8, 4) is 22.6 Å². The summed E-state index contributed by atoms with van der Waals surface area (Å²) in [5.74, 6) is -0.216. The highest BCUT2D eigenvalue weighted by Gasteiger charge is 2.18. The summed E-state index contributed by atoms with van der Waals surface area (Å²) in [6.45, 7) is 9.41. The highest BCUT2D eigenvalue weighted by molar-refractivity contribution is 5.96. The maximum absolute atomic E-state index is 14.9. The largest absolute Gasteiger partial charge is 0.357 e. The fourth-order valence-corrected chi connectivity index (χ4v) is 5.71. The third-order valence-electron chi connectivity index (χ3n) is 7.67. The van der Waals surface area contributed by atoms with Crippen molar-refractivity contribution in [1.29, 1.82) is 0 Å². The molecule has 6 nitrogen and oxygen atoms in total. The average Bonchev–Trinajstić information content (AvgIpc) is 3.72. The summed E-state index contributed by atoms with van der Waals surface area (Å²) in [5, 5.41) is 8.76. The van der Waals surface area contributed by atoms with Gasteiger partial charge in [-0.15, -0.1) is 0 Å². The van der Waals surface area contributed by atoms with E-state index in [-0.39, 0.29) is 5.82 Å². The quantitative estimate of drug-likeness (QED) is 0.199. The number of H-pyrrole nitrogens is 2. The van der Waals surface area contributed by atoms with Gasteiger partial charge >= 0.3 is 0 Å². The number of halogens is 1. The van der Waals surface area contributed by atoms with Crippen LogP contribution in [-0.2, 0) is 6.42 Å². The molecular weight excluding hydrogens is 499 g/mol. The van der Waals surface area contributed by atoms with Gasteiger partial charge in [0.2, 0.25) is 0 Å². The summed E-state index contributed by atoms with van der Waals surface area (Å²) in [6, 6.07) is 13.6.